The highest BCUT2D eigenvalue weighted by molar-refractivity contribution is 7.97. The lowest BCUT2D eigenvalue weighted by Crippen LogP contribution is -2.45. The Morgan fingerprint density at radius 3 is 2.60 bits per heavy atom. The molecule has 0 aliphatic carbocycles. The number of nitrogens with one attached hydrogen (secondary N) is 2. The summed E-state index contributed by atoms with van der Waals surface area (Å²) in [4.78, 5) is 16.3. The molecule has 2 N–H and O–H groups in total. The van der Waals surface area contributed by atoms with Gasteiger partial charge in [-0.1, -0.05) is 49.2 Å². The molecule has 0 bridgehead atoms. The molecule has 0 saturated heterocycles. The Morgan fingerprint density at radius 2 is 1.96 bits per heavy atom. The van der Waals surface area contributed by atoms with Gasteiger partial charge in [0, 0.05) is 18.1 Å². The molecular formula is C17H21N3O3S2. The summed E-state index contributed by atoms with van der Waals surface area (Å²) in [5.74, 6) is 0.241. The van der Waals surface area contributed by atoms with E-state index in [1.807, 2.05) is 37.3 Å². The Kier molecular flexibility index (Phi) is 7.42. The van der Waals surface area contributed by atoms with E-state index >= 15 is 0 Å². The fourth-order valence-electron chi connectivity index (χ4n) is 2.07. The Balaban J connectivity index is 2.11. The van der Waals surface area contributed by atoms with Gasteiger partial charge in [-0.15, -0.1) is 0 Å². The molecule has 1 heterocycles. The van der Waals surface area contributed by atoms with Crippen molar-refractivity contribution in [3.8, 4) is 0 Å². The minimum absolute atomic E-state index is 0.0389. The van der Waals surface area contributed by atoms with Crippen molar-refractivity contribution < 1.29 is 13.2 Å². The van der Waals surface area contributed by atoms with Gasteiger partial charge >= 0.3 is 0 Å². The van der Waals surface area contributed by atoms with E-state index < -0.39 is 22.0 Å². The number of pyridine rings is 1. The van der Waals surface area contributed by atoms with E-state index in [0.29, 0.717) is 6.42 Å². The first-order valence-electron chi connectivity index (χ1n) is 7.91. The summed E-state index contributed by atoms with van der Waals surface area (Å²) in [5.41, 5.74) is 0.950. The maximum atomic E-state index is 12.5. The van der Waals surface area contributed by atoms with E-state index in [4.69, 9.17) is 0 Å². The lowest BCUT2D eigenvalue weighted by molar-refractivity contribution is -0.120. The lowest BCUT2D eigenvalue weighted by Gasteiger charge is -2.18. The van der Waals surface area contributed by atoms with Crippen molar-refractivity contribution in [1.29, 1.82) is 0 Å². The minimum atomic E-state index is -3.94. The van der Waals surface area contributed by atoms with Crippen LogP contribution in [-0.2, 0) is 21.2 Å². The third kappa shape index (κ3) is 6.15. The second-order valence-corrected chi connectivity index (χ2v) is 7.98. The molecule has 1 aromatic heterocycles. The van der Waals surface area contributed by atoms with Crippen molar-refractivity contribution in [2.75, 3.05) is 5.75 Å². The van der Waals surface area contributed by atoms with Gasteiger partial charge in [0.2, 0.25) is 0 Å². The fourth-order valence-corrected chi connectivity index (χ4v) is 3.76. The van der Waals surface area contributed by atoms with E-state index in [9.17, 15) is 13.2 Å². The van der Waals surface area contributed by atoms with E-state index in [-0.39, 0.29) is 4.90 Å². The van der Waals surface area contributed by atoms with Gasteiger partial charge in [-0.25, -0.2) is 13.1 Å². The van der Waals surface area contributed by atoms with Crippen LogP contribution in [0.2, 0.25) is 0 Å². The Bertz CT molecular complexity index is 768. The van der Waals surface area contributed by atoms with Gasteiger partial charge in [0.25, 0.3) is 15.9 Å². The van der Waals surface area contributed by atoms with Gasteiger partial charge in [-0.05, 0) is 30.5 Å². The lowest BCUT2D eigenvalue weighted by atomic mass is 10.1. The topological polar surface area (TPSA) is 88.2 Å². The molecule has 0 radical (unpaired) electrons. The van der Waals surface area contributed by atoms with Crippen LogP contribution in [0.25, 0.3) is 0 Å². The average Bonchev–Trinajstić information content (AvgIpc) is 2.62. The monoisotopic (exact) mass is 379 g/mol. The van der Waals surface area contributed by atoms with Gasteiger partial charge in [0.15, 0.2) is 0 Å². The summed E-state index contributed by atoms with van der Waals surface area (Å²) >= 11 is 1.41. The van der Waals surface area contributed by atoms with Crippen molar-refractivity contribution in [1.82, 2.24) is 14.4 Å². The molecule has 1 atom stereocenters. The van der Waals surface area contributed by atoms with Crippen LogP contribution in [0.3, 0.4) is 0 Å². The molecule has 134 valence electrons. The number of carbonyl (C=O) groups is 1. The highest BCUT2D eigenvalue weighted by Crippen LogP contribution is 2.10. The molecule has 1 aromatic carbocycles. The number of sulfonamides is 1. The van der Waals surface area contributed by atoms with Gasteiger partial charge in [-0.2, -0.15) is 0 Å². The molecule has 25 heavy (non-hydrogen) atoms. The normalized spacial score (nSPS) is 12.5. The predicted molar refractivity (Wildman–Crippen MR) is 99.4 cm³/mol. The van der Waals surface area contributed by atoms with Gasteiger partial charge in [0.05, 0.1) is 0 Å². The zero-order chi connectivity index (χ0) is 18.1. The van der Waals surface area contributed by atoms with Gasteiger partial charge in [-0.3, -0.25) is 14.5 Å². The summed E-state index contributed by atoms with van der Waals surface area (Å²) < 4.78 is 29.9. The van der Waals surface area contributed by atoms with Crippen molar-refractivity contribution in [3.05, 3.63) is 60.4 Å². The summed E-state index contributed by atoms with van der Waals surface area (Å²) in [7, 11) is -3.94. The highest BCUT2D eigenvalue weighted by Gasteiger charge is 2.25. The minimum Gasteiger partial charge on any atom is -0.272 e. The largest absolute Gasteiger partial charge is 0.272 e. The maximum absolute atomic E-state index is 12.5. The van der Waals surface area contributed by atoms with E-state index in [2.05, 4.69) is 14.4 Å². The van der Waals surface area contributed by atoms with Crippen LogP contribution in [0.5, 0.6) is 0 Å². The number of benzene rings is 1. The number of carbonyl (C=O) groups excluding carboxylic acids is 1. The van der Waals surface area contributed by atoms with E-state index in [1.165, 1.54) is 36.5 Å². The molecule has 1 amide bonds. The smallest absolute Gasteiger partial charge is 0.265 e. The third-order valence-corrected chi connectivity index (χ3v) is 5.71. The van der Waals surface area contributed by atoms with Crippen molar-refractivity contribution >= 4 is 27.9 Å². The van der Waals surface area contributed by atoms with Crippen molar-refractivity contribution in [2.24, 2.45) is 0 Å². The Labute approximate surface area is 152 Å². The number of hydrogen-bond acceptors (Lipinski definition) is 6. The first kappa shape index (κ1) is 19.4. The second kappa shape index (κ2) is 9.55. The average molecular weight is 380 g/mol. The highest BCUT2D eigenvalue weighted by atomic mass is 32.2. The van der Waals surface area contributed by atoms with Gasteiger partial charge in [0.1, 0.15) is 10.9 Å². The molecule has 0 spiro atoms. The summed E-state index contributed by atoms with van der Waals surface area (Å²) in [6, 6.07) is 11.7. The first-order chi connectivity index (χ1) is 12.0. The second-order valence-electron chi connectivity index (χ2n) is 5.37. The predicted octanol–water partition coefficient (Wildman–Crippen LogP) is 2.15. The molecule has 1 unspecified atom stereocenters. The van der Waals surface area contributed by atoms with Gasteiger partial charge < -0.3 is 0 Å². The van der Waals surface area contributed by atoms with E-state index in [1.54, 1.807) is 0 Å². The Hall–Kier alpha value is -1.90. The molecule has 6 nitrogen and oxygen atoms in total. The van der Waals surface area contributed by atoms with E-state index in [0.717, 1.165) is 17.7 Å². The first-order valence-corrected chi connectivity index (χ1v) is 10.4. The quantitative estimate of drug-likeness (QED) is 0.513. The van der Waals surface area contributed by atoms with Crippen molar-refractivity contribution in [2.45, 2.75) is 30.7 Å². The number of aromatic nitrogens is 1. The molecule has 8 heteroatoms. The molecule has 0 fully saturated rings. The van der Waals surface area contributed by atoms with Crippen LogP contribution < -0.4 is 9.44 Å². The molecule has 2 aromatic rings. The molecule has 0 aliphatic rings. The zero-order valence-electron chi connectivity index (χ0n) is 13.9. The summed E-state index contributed by atoms with van der Waals surface area (Å²) in [6.07, 6.45) is 4.03. The summed E-state index contributed by atoms with van der Waals surface area (Å²) in [5, 5.41) is 0. The number of amides is 1. The van der Waals surface area contributed by atoms with Crippen LogP contribution in [0, 0.1) is 0 Å². The Morgan fingerprint density at radius 1 is 1.20 bits per heavy atom. The van der Waals surface area contributed by atoms with Crippen molar-refractivity contribution in [3.63, 3.8) is 0 Å². The maximum Gasteiger partial charge on any atom is 0.265 e. The van der Waals surface area contributed by atoms with Crippen LogP contribution in [0.15, 0.2) is 59.8 Å². The van der Waals surface area contributed by atoms with Crippen LogP contribution in [0.1, 0.15) is 18.9 Å². The van der Waals surface area contributed by atoms with Crippen LogP contribution in [-0.4, -0.2) is 31.1 Å². The van der Waals surface area contributed by atoms with Crippen LogP contribution >= 0.6 is 11.9 Å². The zero-order valence-corrected chi connectivity index (χ0v) is 15.5. The van der Waals surface area contributed by atoms with Crippen LogP contribution in [0.4, 0.5) is 0 Å². The summed E-state index contributed by atoms with van der Waals surface area (Å²) in [6.45, 7) is 2.04. The third-order valence-electron chi connectivity index (χ3n) is 3.31. The molecule has 0 saturated carbocycles. The molecule has 2 rings (SSSR count). The fraction of sp³-hybridized carbons (Fsp3) is 0.294. The molecular weight excluding hydrogens is 358 g/mol. The SMILES string of the molecule is CCCSNC(Cc1ccccc1)C(=O)NS(=O)(=O)c1cccnc1. The number of hydrogen-bond donors (Lipinski definition) is 2. The standard InChI is InChI=1S/C17H21N3O3S2/c1-2-11-24-19-16(12-14-7-4-3-5-8-14)17(21)20-25(22,23)15-9-6-10-18-13-15/h3-10,13,16,19H,2,11-12H2,1H3,(H,20,21). The molecule has 0 aliphatic heterocycles. The number of nitrogens with zero attached hydrogens (tertiary/aromatic N) is 1. The number of rotatable bonds is 9.